The quantitative estimate of drug-likeness (QED) is 0.511. The van der Waals surface area contributed by atoms with Crippen LogP contribution in [0.2, 0.25) is 0 Å². The number of fused-ring (bicyclic) bond motifs is 1. The highest BCUT2D eigenvalue weighted by Crippen LogP contribution is 2.28. The summed E-state index contributed by atoms with van der Waals surface area (Å²) < 4.78 is 54.5. The Labute approximate surface area is 175 Å². The van der Waals surface area contributed by atoms with E-state index in [0.717, 1.165) is 12.8 Å². The summed E-state index contributed by atoms with van der Waals surface area (Å²) in [6, 6.07) is 12.7. The number of thioether (sulfide) groups is 1. The van der Waals surface area contributed by atoms with Crippen molar-refractivity contribution in [3.8, 4) is 0 Å². The Kier molecular flexibility index (Phi) is 5.76. The Bertz CT molecular complexity index is 1190. The van der Waals surface area contributed by atoms with Gasteiger partial charge in [-0.1, -0.05) is 18.2 Å². The van der Waals surface area contributed by atoms with Gasteiger partial charge in [0.25, 0.3) is 5.76 Å². The molecule has 158 valence electrons. The van der Waals surface area contributed by atoms with Crippen LogP contribution in [0.5, 0.6) is 0 Å². The molecule has 11 heteroatoms. The fraction of sp³-hybridized carbons (Fsp3) is 0.263. The number of benzene rings is 2. The number of halogens is 2. The van der Waals surface area contributed by atoms with Crippen molar-refractivity contribution in [3.05, 3.63) is 48.5 Å². The summed E-state index contributed by atoms with van der Waals surface area (Å²) >= 11 is 0.267. The van der Waals surface area contributed by atoms with Gasteiger partial charge in [-0.3, -0.25) is 4.79 Å². The van der Waals surface area contributed by atoms with Crippen LogP contribution in [0, 0.1) is 0 Å². The van der Waals surface area contributed by atoms with E-state index in [2.05, 4.69) is 15.0 Å². The number of sulfonamides is 1. The van der Waals surface area contributed by atoms with Crippen LogP contribution in [0.4, 0.5) is 14.5 Å². The molecule has 4 rings (SSSR count). The Morgan fingerprint density at radius 2 is 1.97 bits per heavy atom. The molecule has 1 heterocycles. The van der Waals surface area contributed by atoms with Crippen molar-refractivity contribution in [1.29, 1.82) is 0 Å². The zero-order chi connectivity index (χ0) is 21.3. The topological polar surface area (TPSA) is 93.1 Å². The van der Waals surface area contributed by atoms with E-state index in [4.69, 9.17) is 0 Å². The fourth-order valence-corrected chi connectivity index (χ4v) is 4.90. The predicted molar refractivity (Wildman–Crippen MR) is 110 cm³/mol. The largest absolute Gasteiger partial charge is 0.324 e. The standard InChI is InChI=1S/C19H18F2N4O3S2/c20-18(21)29-19-23-15-6-1-2-7-16(15)25(19)11-17(26)22-13-4-3-5-14(10-13)30(27,28)24-12-8-9-12/h1-7,10,12,18,24H,8-9,11H2,(H,22,26). The second-order valence-corrected chi connectivity index (χ2v) is 9.49. The third kappa shape index (κ3) is 4.79. The molecule has 0 bridgehead atoms. The van der Waals surface area contributed by atoms with Crippen LogP contribution in [0.1, 0.15) is 12.8 Å². The van der Waals surface area contributed by atoms with Crippen molar-refractivity contribution in [2.45, 2.75) is 41.2 Å². The van der Waals surface area contributed by atoms with E-state index in [0.29, 0.717) is 16.7 Å². The van der Waals surface area contributed by atoms with Crippen LogP contribution in [0.25, 0.3) is 11.0 Å². The molecule has 3 aromatic rings. The van der Waals surface area contributed by atoms with Gasteiger partial charge in [0.05, 0.1) is 15.9 Å². The van der Waals surface area contributed by atoms with E-state index in [1.165, 1.54) is 22.8 Å². The molecule has 0 aliphatic heterocycles. The second kappa shape index (κ2) is 8.32. The molecule has 1 aromatic heterocycles. The summed E-state index contributed by atoms with van der Waals surface area (Å²) in [5, 5.41) is 2.66. The molecule has 30 heavy (non-hydrogen) atoms. The summed E-state index contributed by atoms with van der Waals surface area (Å²) in [7, 11) is -3.66. The van der Waals surface area contributed by atoms with Crippen molar-refractivity contribution in [1.82, 2.24) is 14.3 Å². The minimum Gasteiger partial charge on any atom is -0.324 e. The van der Waals surface area contributed by atoms with Gasteiger partial charge in [-0.05, 0) is 54.9 Å². The van der Waals surface area contributed by atoms with Crippen LogP contribution < -0.4 is 10.0 Å². The Morgan fingerprint density at radius 3 is 2.70 bits per heavy atom. The lowest BCUT2D eigenvalue weighted by Gasteiger charge is -2.11. The molecule has 0 radical (unpaired) electrons. The van der Waals surface area contributed by atoms with Crippen molar-refractivity contribution < 1.29 is 22.0 Å². The van der Waals surface area contributed by atoms with Gasteiger partial charge in [0.15, 0.2) is 5.16 Å². The van der Waals surface area contributed by atoms with Crippen LogP contribution in [0.15, 0.2) is 58.6 Å². The van der Waals surface area contributed by atoms with Crippen LogP contribution >= 0.6 is 11.8 Å². The summed E-state index contributed by atoms with van der Waals surface area (Å²) in [6.45, 7) is -0.243. The number of imidazole rings is 1. The van der Waals surface area contributed by atoms with Crippen LogP contribution in [-0.4, -0.2) is 35.7 Å². The minimum absolute atomic E-state index is 0.0336. The highest BCUT2D eigenvalue weighted by atomic mass is 32.2. The van der Waals surface area contributed by atoms with Gasteiger partial charge in [0.2, 0.25) is 15.9 Å². The molecule has 2 N–H and O–H groups in total. The number of para-hydroxylation sites is 2. The van der Waals surface area contributed by atoms with Gasteiger partial charge in [-0.25, -0.2) is 18.1 Å². The number of aromatic nitrogens is 2. The number of nitrogens with one attached hydrogen (secondary N) is 2. The zero-order valence-corrected chi connectivity index (χ0v) is 17.2. The lowest BCUT2D eigenvalue weighted by Crippen LogP contribution is -2.26. The number of hydrogen-bond donors (Lipinski definition) is 2. The summed E-state index contributed by atoms with van der Waals surface area (Å²) in [5.41, 5.74) is 1.36. The number of amides is 1. The number of carbonyl (C=O) groups excluding carboxylic acids is 1. The monoisotopic (exact) mass is 452 g/mol. The minimum atomic E-state index is -3.66. The first-order valence-corrected chi connectivity index (χ1v) is 11.5. The number of nitrogens with zero attached hydrogens (tertiary/aromatic N) is 2. The number of carbonyl (C=O) groups is 1. The summed E-state index contributed by atoms with van der Waals surface area (Å²) in [5.74, 6) is -3.16. The lowest BCUT2D eigenvalue weighted by molar-refractivity contribution is -0.116. The highest BCUT2D eigenvalue weighted by molar-refractivity contribution is 7.99. The highest BCUT2D eigenvalue weighted by Gasteiger charge is 2.28. The molecule has 1 aliphatic carbocycles. The van der Waals surface area contributed by atoms with E-state index in [-0.39, 0.29) is 34.4 Å². The van der Waals surface area contributed by atoms with Gasteiger partial charge in [-0.15, -0.1) is 0 Å². The van der Waals surface area contributed by atoms with Gasteiger partial charge in [-0.2, -0.15) is 8.78 Å². The molecule has 1 saturated carbocycles. The van der Waals surface area contributed by atoms with E-state index in [1.54, 1.807) is 30.3 Å². The molecule has 1 aliphatic rings. The van der Waals surface area contributed by atoms with Crippen LogP contribution in [0.3, 0.4) is 0 Å². The Hall–Kier alpha value is -2.50. The maximum Gasteiger partial charge on any atom is 0.291 e. The van der Waals surface area contributed by atoms with Crippen LogP contribution in [-0.2, 0) is 21.4 Å². The van der Waals surface area contributed by atoms with Gasteiger partial charge < -0.3 is 9.88 Å². The summed E-state index contributed by atoms with van der Waals surface area (Å²) in [6.07, 6.45) is 1.63. The first-order valence-electron chi connectivity index (χ1n) is 9.14. The molecule has 1 amide bonds. The molecule has 0 saturated heterocycles. The Balaban J connectivity index is 1.53. The third-order valence-corrected chi connectivity index (χ3v) is 6.66. The average molecular weight is 453 g/mol. The fourth-order valence-electron chi connectivity index (χ4n) is 2.95. The molecular weight excluding hydrogens is 434 g/mol. The van der Waals surface area contributed by atoms with Crippen molar-refractivity contribution >= 4 is 44.4 Å². The Morgan fingerprint density at radius 1 is 1.20 bits per heavy atom. The van der Waals surface area contributed by atoms with E-state index in [1.807, 2.05) is 0 Å². The molecule has 7 nitrogen and oxygen atoms in total. The zero-order valence-electron chi connectivity index (χ0n) is 15.6. The summed E-state index contributed by atoms with van der Waals surface area (Å²) in [4.78, 5) is 16.8. The lowest BCUT2D eigenvalue weighted by atomic mass is 10.3. The number of anilines is 1. The molecule has 2 aromatic carbocycles. The molecule has 0 unspecified atom stereocenters. The molecular formula is C19H18F2N4O3S2. The average Bonchev–Trinajstić information content (AvgIpc) is 3.43. The number of rotatable bonds is 8. The first-order chi connectivity index (χ1) is 14.3. The predicted octanol–water partition coefficient (Wildman–Crippen LogP) is 3.43. The third-order valence-electron chi connectivity index (χ3n) is 4.44. The van der Waals surface area contributed by atoms with E-state index in [9.17, 15) is 22.0 Å². The molecule has 1 fully saturated rings. The SMILES string of the molecule is O=C(Cn1c(SC(F)F)nc2ccccc21)Nc1cccc(S(=O)(=O)NC2CC2)c1. The smallest absolute Gasteiger partial charge is 0.291 e. The first kappa shape index (κ1) is 20.8. The molecule has 0 spiro atoms. The molecule has 0 atom stereocenters. The van der Waals surface area contributed by atoms with Crippen molar-refractivity contribution in [2.75, 3.05) is 5.32 Å². The van der Waals surface area contributed by atoms with Gasteiger partial charge in [0, 0.05) is 11.7 Å². The van der Waals surface area contributed by atoms with Crippen molar-refractivity contribution in [3.63, 3.8) is 0 Å². The second-order valence-electron chi connectivity index (χ2n) is 6.82. The normalized spacial score (nSPS) is 14.4. The maximum absolute atomic E-state index is 12.9. The maximum atomic E-state index is 12.9. The van der Waals surface area contributed by atoms with Crippen molar-refractivity contribution in [2.24, 2.45) is 0 Å². The van der Waals surface area contributed by atoms with E-state index < -0.39 is 21.7 Å². The van der Waals surface area contributed by atoms with Gasteiger partial charge in [0.1, 0.15) is 6.54 Å². The van der Waals surface area contributed by atoms with E-state index >= 15 is 0 Å². The number of hydrogen-bond acceptors (Lipinski definition) is 5. The number of alkyl halides is 2. The van der Waals surface area contributed by atoms with Gasteiger partial charge >= 0.3 is 0 Å².